The Kier molecular flexibility index (Phi) is 2.91. The molecular formula is C13H13FN2O2S. The molecule has 100 valence electrons. The van der Waals surface area contributed by atoms with Crippen molar-refractivity contribution in [1.82, 2.24) is 8.87 Å². The molecular weight excluding hydrogens is 267 g/mol. The van der Waals surface area contributed by atoms with Gasteiger partial charge in [-0.15, -0.1) is 0 Å². The van der Waals surface area contributed by atoms with E-state index in [-0.39, 0.29) is 4.90 Å². The molecule has 1 aromatic carbocycles. The van der Waals surface area contributed by atoms with Crippen LogP contribution >= 0.6 is 0 Å². The Morgan fingerprint density at radius 1 is 1.05 bits per heavy atom. The molecule has 0 amide bonds. The second-order valence-electron chi connectivity index (χ2n) is 4.49. The summed E-state index contributed by atoms with van der Waals surface area (Å²) in [4.78, 5) is 0.133. The standard InChI is InChI=1S/C13H13FN2O2S/c14-11-3-5-13(6-4-11)19(17,18)16-9-8-15-7-1-2-12(15)10-16/h1-7H,8-10H2. The summed E-state index contributed by atoms with van der Waals surface area (Å²) in [6, 6.07) is 8.76. The lowest BCUT2D eigenvalue weighted by molar-refractivity contribution is 0.341. The Labute approximate surface area is 111 Å². The number of hydrogen-bond acceptors (Lipinski definition) is 2. The fourth-order valence-corrected chi connectivity index (χ4v) is 3.65. The average molecular weight is 280 g/mol. The number of benzene rings is 1. The second-order valence-corrected chi connectivity index (χ2v) is 6.42. The first-order valence-electron chi connectivity index (χ1n) is 5.97. The highest BCUT2D eigenvalue weighted by Crippen LogP contribution is 2.22. The largest absolute Gasteiger partial charge is 0.349 e. The van der Waals surface area contributed by atoms with Crippen molar-refractivity contribution in [2.75, 3.05) is 6.54 Å². The van der Waals surface area contributed by atoms with Crippen molar-refractivity contribution in [3.63, 3.8) is 0 Å². The molecule has 6 heteroatoms. The first-order chi connectivity index (χ1) is 9.07. The van der Waals surface area contributed by atoms with Gasteiger partial charge in [-0.1, -0.05) is 0 Å². The molecule has 0 saturated heterocycles. The summed E-state index contributed by atoms with van der Waals surface area (Å²) in [6.07, 6.45) is 1.94. The Bertz CT molecular complexity index is 692. The first-order valence-corrected chi connectivity index (χ1v) is 7.41. The summed E-state index contributed by atoms with van der Waals surface area (Å²) in [6.45, 7) is 1.43. The summed E-state index contributed by atoms with van der Waals surface area (Å²) in [5.74, 6) is -0.438. The highest BCUT2D eigenvalue weighted by Gasteiger charge is 2.27. The van der Waals surface area contributed by atoms with Crippen LogP contribution in [0, 0.1) is 5.82 Å². The molecule has 0 bridgehead atoms. The Morgan fingerprint density at radius 2 is 1.79 bits per heavy atom. The smallest absolute Gasteiger partial charge is 0.243 e. The van der Waals surface area contributed by atoms with E-state index in [9.17, 15) is 12.8 Å². The van der Waals surface area contributed by atoms with E-state index >= 15 is 0 Å². The fraction of sp³-hybridized carbons (Fsp3) is 0.231. The van der Waals surface area contributed by atoms with Crippen molar-refractivity contribution in [1.29, 1.82) is 0 Å². The van der Waals surface area contributed by atoms with Crippen LogP contribution in [0.5, 0.6) is 0 Å². The fourth-order valence-electron chi connectivity index (χ4n) is 2.25. The maximum atomic E-state index is 12.9. The number of rotatable bonds is 2. The molecule has 1 aliphatic heterocycles. The predicted octanol–water partition coefficient (Wildman–Crippen LogP) is 1.83. The predicted molar refractivity (Wildman–Crippen MR) is 68.4 cm³/mol. The van der Waals surface area contributed by atoms with Crippen LogP contribution in [0.1, 0.15) is 5.69 Å². The van der Waals surface area contributed by atoms with Gasteiger partial charge in [0.1, 0.15) is 5.82 Å². The lowest BCUT2D eigenvalue weighted by atomic mass is 10.3. The van der Waals surface area contributed by atoms with Gasteiger partial charge in [0.2, 0.25) is 10.0 Å². The third kappa shape index (κ3) is 2.17. The van der Waals surface area contributed by atoms with Crippen LogP contribution in [0.15, 0.2) is 47.5 Å². The van der Waals surface area contributed by atoms with Crippen molar-refractivity contribution < 1.29 is 12.8 Å². The number of hydrogen-bond donors (Lipinski definition) is 0. The molecule has 2 heterocycles. The first kappa shape index (κ1) is 12.4. The molecule has 0 fully saturated rings. The van der Waals surface area contributed by atoms with Gasteiger partial charge in [-0.25, -0.2) is 12.8 Å². The van der Waals surface area contributed by atoms with Crippen molar-refractivity contribution >= 4 is 10.0 Å². The van der Waals surface area contributed by atoms with E-state index in [2.05, 4.69) is 0 Å². The monoisotopic (exact) mass is 280 g/mol. The molecule has 0 radical (unpaired) electrons. The quantitative estimate of drug-likeness (QED) is 0.842. The zero-order chi connectivity index (χ0) is 13.5. The number of fused-ring (bicyclic) bond motifs is 1. The summed E-state index contributed by atoms with van der Waals surface area (Å²) in [7, 11) is -3.55. The number of nitrogens with zero attached hydrogens (tertiary/aromatic N) is 2. The van der Waals surface area contributed by atoms with E-state index in [1.54, 1.807) is 0 Å². The summed E-state index contributed by atoms with van der Waals surface area (Å²) in [5.41, 5.74) is 0.969. The van der Waals surface area contributed by atoms with E-state index < -0.39 is 15.8 Å². The van der Waals surface area contributed by atoms with Gasteiger partial charge in [-0.2, -0.15) is 4.31 Å². The molecule has 1 aromatic heterocycles. The van der Waals surface area contributed by atoms with Gasteiger partial charge in [0, 0.05) is 25.0 Å². The summed E-state index contributed by atoms with van der Waals surface area (Å²) >= 11 is 0. The van der Waals surface area contributed by atoms with Crippen LogP contribution < -0.4 is 0 Å². The number of halogens is 1. The van der Waals surface area contributed by atoms with Crippen molar-refractivity contribution in [2.45, 2.75) is 18.0 Å². The van der Waals surface area contributed by atoms with Crippen molar-refractivity contribution in [3.8, 4) is 0 Å². The molecule has 0 N–H and O–H groups in total. The van der Waals surface area contributed by atoms with Crippen LogP contribution in [0.3, 0.4) is 0 Å². The normalized spacial score (nSPS) is 16.3. The highest BCUT2D eigenvalue weighted by molar-refractivity contribution is 7.89. The van der Waals surface area contributed by atoms with Gasteiger partial charge in [0.25, 0.3) is 0 Å². The molecule has 19 heavy (non-hydrogen) atoms. The second kappa shape index (κ2) is 4.47. The molecule has 0 saturated carbocycles. The maximum absolute atomic E-state index is 12.9. The van der Waals surface area contributed by atoms with Crippen LogP contribution in [-0.4, -0.2) is 23.8 Å². The lowest BCUT2D eigenvalue weighted by Gasteiger charge is -2.27. The zero-order valence-electron chi connectivity index (χ0n) is 10.2. The molecule has 0 unspecified atom stereocenters. The van der Waals surface area contributed by atoms with Crippen LogP contribution in [0.4, 0.5) is 4.39 Å². The zero-order valence-corrected chi connectivity index (χ0v) is 11.0. The van der Waals surface area contributed by atoms with E-state index in [0.29, 0.717) is 19.6 Å². The lowest BCUT2D eigenvalue weighted by Crippen LogP contribution is -2.37. The summed E-state index contributed by atoms with van der Waals surface area (Å²) < 4.78 is 41.2. The average Bonchev–Trinajstić information content (AvgIpc) is 2.86. The van der Waals surface area contributed by atoms with E-state index in [0.717, 1.165) is 5.69 Å². The number of sulfonamides is 1. The maximum Gasteiger partial charge on any atom is 0.243 e. The van der Waals surface area contributed by atoms with Gasteiger partial charge in [-0.3, -0.25) is 0 Å². The van der Waals surface area contributed by atoms with E-state index in [1.165, 1.54) is 28.6 Å². The molecule has 0 aliphatic carbocycles. The van der Waals surface area contributed by atoms with Gasteiger partial charge >= 0.3 is 0 Å². The SMILES string of the molecule is O=S(=O)(c1ccc(F)cc1)N1CCn2cccc2C1. The Balaban J connectivity index is 1.92. The van der Waals surface area contributed by atoms with Gasteiger partial charge in [0.15, 0.2) is 0 Å². The van der Waals surface area contributed by atoms with Crippen molar-refractivity contribution in [3.05, 3.63) is 54.1 Å². The Hall–Kier alpha value is -1.66. The van der Waals surface area contributed by atoms with E-state index in [4.69, 9.17) is 0 Å². The topological polar surface area (TPSA) is 42.3 Å². The molecule has 0 atom stereocenters. The number of aromatic nitrogens is 1. The highest BCUT2D eigenvalue weighted by atomic mass is 32.2. The van der Waals surface area contributed by atoms with Crippen LogP contribution in [0.2, 0.25) is 0 Å². The Morgan fingerprint density at radius 3 is 2.53 bits per heavy atom. The molecule has 1 aliphatic rings. The minimum Gasteiger partial charge on any atom is -0.349 e. The van der Waals surface area contributed by atoms with Crippen LogP contribution in [0.25, 0.3) is 0 Å². The van der Waals surface area contributed by atoms with Crippen molar-refractivity contribution in [2.24, 2.45) is 0 Å². The summed E-state index contributed by atoms with van der Waals surface area (Å²) in [5, 5.41) is 0. The van der Waals surface area contributed by atoms with Gasteiger partial charge < -0.3 is 4.57 Å². The third-order valence-corrected chi connectivity index (χ3v) is 5.16. The van der Waals surface area contributed by atoms with Gasteiger partial charge in [-0.05, 0) is 36.4 Å². The van der Waals surface area contributed by atoms with E-state index in [1.807, 2.05) is 22.9 Å². The minimum absolute atomic E-state index is 0.133. The third-order valence-electron chi connectivity index (χ3n) is 3.30. The van der Waals surface area contributed by atoms with Gasteiger partial charge in [0.05, 0.1) is 11.4 Å². The molecule has 0 spiro atoms. The molecule has 4 nitrogen and oxygen atoms in total. The van der Waals surface area contributed by atoms with Crippen LogP contribution in [-0.2, 0) is 23.1 Å². The minimum atomic E-state index is -3.55. The molecule has 2 aromatic rings. The molecule has 3 rings (SSSR count).